The molecule has 0 unspecified atom stereocenters. The molecule has 0 atom stereocenters. The van der Waals surface area contributed by atoms with Gasteiger partial charge in [-0.15, -0.1) is 0 Å². The number of phenols is 1. The van der Waals surface area contributed by atoms with Crippen LogP contribution < -0.4 is 5.32 Å². The molecule has 2 rings (SSSR count). The molecule has 2 N–H and O–H groups in total. The van der Waals surface area contributed by atoms with E-state index in [-0.39, 0.29) is 24.4 Å². The van der Waals surface area contributed by atoms with Gasteiger partial charge in [0.05, 0.1) is 0 Å². The van der Waals surface area contributed by atoms with Gasteiger partial charge in [0.25, 0.3) is 0 Å². The molecule has 1 aliphatic carbocycles. The number of aromatic hydroxyl groups is 1. The minimum atomic E-state index is -0.215. The SMILES string of the molecule is CC1CCC(OC(=O)CNc2ccc(O)cc2)CC1. The molecule has 19 heavy (non-hydrogen) atoms. The molecule has 104 valence electrons. The standard InChI is InChI=1S/C15H21NO3/c1-11-2-8-14(9-3-11)19-15(18)10-16-12-4-6-13(17)7-5-12/h4-7,11,14,16-17H,2-3,8-10H2,1H3. The molecule has 1 aliphatic rings. The highest BCUT2D eigenvalue weighted by Gasteiger charge is 2.21. The van der Waals surface area contributed by atoms with Crippen molar-refractivity contribution in [3.63, 3.8) is 0 Å². The summed E-state index contributed by atoms with van der Waals surface area (Å²) in [5.41, 5.74) is 0.798. The minimum Gasteiger partial charge on any atom is -0.508 e. The van der Waals surface area contributed by atoms with Crippen molar-refractivity contribution in [1.29, 1.82) is 0 Å². The van der Waals surface area contributed by atoms with Gasteiger partial charge in [0.2, 0.25) is 0 Å². The molecule has 1 aromatic rings. The van der Waals surface area contributed by atoms with E-state index < -0.39 is 0 Å². The lowest BCUT2D eigenvalue weighted by molar-refractivity contribution is -0.148. The van der Waals surface area contributed by atoms with Crippen LogP contribution in [0.25, 0.3) is 0 Å². The third-order valence-corrected chi connectivity index (χ3v) is 3.57. The van der Waals surface area contributed by atoms with Crippen LogP contribution in [0.15, 0.2) is 24.3 Å². The normalized spacial score (nSPS) is 22.8. The number of hydrogen-bond donors (Lipinski definition) is 2. The fourth-order valence-corrected chi connectivity index (χ4v) is 2.33. The van der Waals surface area contributed by atoms with Gasteiger partial charge in [0.1, 0.15) is 18.4 Å². The van der Waals surface area contributed by atoms with Crippen molar-refractivity contribution in [2.24, 2.45) is 5.92 Å². The lowest BCUT2D eigenvalue weighted by atomic mass is 9.89. The number of esters is 1. The van der Waals surface area contributed by atoms with Crippen LogP contribution in [0.3, 0.4) is 0 Å². The van der Waals surface area contributed by atoms with Crippen LogP contribution in [0.5, 0.6) is 5.75 Å². The summed E-state index contributed by atoms with van der Waals surface area (Å²) in [6.07, 6.45) is 4.33. The minimum absolute atomic E-state index is 0.0883. The van der Waals surface area contributed by atoms with E-state index in [0.29, 0.717) is 0 Å². The molecular weight excluding hydrogens is 242 g/mol. The Kier molecular flexibility index (Phi) is 4.66. The van der Waals surface area contributed by atoms with Crippen LogP contribution in [-0.2, 0) is 9.53 Å². The first-order chi connectivity index (χ1) is 9.13. The molecule has 0 aliphatic heterocycles. The van der Waals surface area contributed by atoms with Gasteiger partial charge in [-0.05, 0) is 55.9 Å². The van der Waals surface area contributed by atoms with Gasteiger partial charge in [-0.25, -0.2) is 0 Å². The maximum Gasteiger partial charge on any atom is 0.325 e. The molecule has 0 amide bonds. The van der Waals surface area contributed by atoms with Crippen LogP contribution in [0.2, 0.25) is 0 Å². The maximum atomic E-state index is 11.7. The van der Waals surface area contributed by atoms with Crippen LogP contribution in [0.4, 0.5) is 5.69 Å². The lowest BCUT2D eigenvalue weighted by Gasteiger charge is -2.26. The third-order valence-electron chi connectivity index (χ3n) is 3.57. The Balaban J connectivity index is 1.71. The van der Waals surface area contributed by atoms with E-state index in [4.69, 9.17) is 9.84 Å². The Morgan fingerprint density at radius 3 is 2.53 bits per heavy atom. The lowest BCUT2D eigenvalue weighted by Crippen LogP contribution is -2.27. The van der Waals surface area contributed by atoms with Crippen molar-refractivity contribution < 1.29 is 14.6 Å². The van der Waals surface area contributed by atoms with E-state index in [1.165, 1.54) is 0 Å². The maximum absolute atomic E-state index is 11.7. The van der Waals surface area contributed by atoms with Crippen LogP contribution >= 0.6 is 0 Å². The predicted molar refractivity (Wildman–Crippen MR) is 74.1 cm³/mol. The second-order valence-corrected chi connectivity index (χ2v) is 5.27. The molecule has 4 nitrogen and oxygen atoms in total. The number of benzene rings is 1. The van der Waals surface area contributed by atoms with Crippen molar-refractivity contribution in [3.05, 3.63) is 24.3 Å². The molecule has 0 heterocycles. The van der Waals surface area contributed by atoms with Gasteiger partial charge in [0.15, 0.2) is 0 Å². The quantitative estimate of drug-likeness (QED) is 0.647. The molecule has 0 aromatic heterocycles. The highest BCUT2D eigenvalue weighted by Crippen LogP contribution is 2.25. The number of carbonyl (C=O) groups excluding carboxylic acids is 1. The van der Waals surface area contributed by atoms with Crippen molar-refractivity contribution in [2.45, 2.75) is 38.7 Å². The Morgan fingerprint density at radius 2 is 1.89 bits per heavy atom. The molecule has 0 radical (unpaired) electrons. The first-order valence-electron chi connectivity index (χ1n) is 6.86. The smallest absolute Gasteiger partial charge is 0.325 e. The topological polar surface area (TPSA) is 58.6 Å². The summed E-state index contributed by atoms with van der Waals surface area (Å²) >= 11 is 0. The number of hydrogen-bond acceptors (Lipinski definition) is 4. The van der Waals surface area contributed by atoms with Gasteiger partial charge in [0, 0.05) is 5.69 Å². The van der Waals surface area contributed by atoms with Crippen LogP contribution in [-0.4, -0.2) is 23.7 Å². The number of carbonyl (C=O) groups is 1. The first-order valence-corrected chi connectivity index (χ1v) is 6.86. The summed E-state index contributed by atoms with van der Waals surface area (Å²) in [7, 11) is 0. The third kappa shape index (κ3) is 4.47. The number of phenolic OH excluding ortho intramolecular Hbond substituents is 1. The van der Waals surface area contributed by atoms with Gasteiger partial charge in [-0.2, -0.15) is 0 Å². The molecule has 1 aromatic carbocycles. The predicted octanol–water partition coefficient (Wildman–Crippen LogP) is 2.93. The van der Waals surface area contributed by atoms with Gasteiger partial charge in [-0.3, -0.25) is 4.79 Å². The van der Waals surface area contributed by atoms with E-state index in [0.717, 1.165) is 37.3 Å². The zero-order valence-corrected chi connectivity index (χ0v) is 11.3. The number of rotatable bonds is 4. The van der Waals surface area contributed by atoms with Crippen molar-refractivity contribution in [2.75, 3.05) is 11.9 Å². The summed E-state index contributed by atoms with van der Waals surface area (Å²) in [4.78, 5) is 11.7. The molecule has 0 saturated heterocycles. The van der Waals surface area contributed by atoms with E-state index in [9.17, 15) is 4.79 Å². The number of nitrogens with one attached hydrogen (secondary N) is 1. The summed E-state index contributed by atoms with van der Waals surface area (Å²) in [6.45, 7) is 2.40. The molecule has 4 heteroatoms. The first kappa shape index (κ1) is 13.7. The van der Waals surface area contributed by atoms with Gasteiger partial charge in [-0.1, -0.05) is 6.92 Å². The number of anilines is 1. The fourth-order valence-electron chi connectivity index (χ4n) is 2.33. The molecular formula is C15H21NO3. The highest BCUT2D eigenvalue weighted by molar-refractivity contribution is 5.75. The molecule has 0 bridgehead atoms. The average molecular weight is 263 g/mol. The van der Waals surface area contributed by atoms with Crippen molar-refractivity contribution >= 4 is 11.7 Å². The zero-order chi connectivity index (χ0) is 13.7. The van der Waals surface area contributed by atoms with Gasteiger partial charge < -0.3 is 15.2 Å². The van der Waals surface area contributed by atoms with E-state index in [2.05, 4.69) is 12.2 Å². The summed E-state index contributed by atoms with van der Waals surface area (Å²) < 4.78 is 5.43. The monoisotopic (exact) mass is 263 g/mol. The van der Waals surface area contributed by atoms with Crippen LogP contribution in [0.1, 0.15) is 32.6 Å². The molecule has 0 spiro atoms. The average Bonchev–Trinajstić information content (AvgIpc) is 2.41. The highest BCUT2D eigenvalue weighted by atomic mass is 16.5. The second kappa shape index (κ2) is 6.45. The van der Waals surface area contributed by atoms with Crippen LogP contribution in [0, 0.1) is 5.92 Å². The molecule has 1 fully saturated rings. The Morgan fingerprint density at radius 1 is 1.26 bits per heavy atom. The Bertz CT molecular complexity index is 408. The fraction of sp³-hybridized carbons (Fsp3) is 0.533. The largest absolute Gasteiger partial charge is 0.508 e. The summed E-state index contributed by atoms with van der Waals surface area (Å²) in [5, 5.41) is 12.1. The second-order valence-electron chi connectivity index (χ2n) is 5.27. The zero-order valence-electron chi connectivity index (χ0n) is 11.3. The molecule has 1 saturated carbocycles. The van der Waals surface area contributed by atoms with E-state index in [1.54, 1.807) is 24.3 Å². The summed E-state index contributed by atoms with van der Waals surface area (Å²) in [6, 6.07) is 6.61. The van der Waals surface area contributed by atoms with E-state index >= 15 is 0 Å². The summed E-state index contributed by atoms with van der Waals surface area (Å²) in [5.74, 6) is 0.752. The number of ether oxygens (including phenoxy) is 1. The van der Waals surface area contributed by atoms with Crippen molar-refractivity contribution in [1.82, 2.24) is 0 Å². The Labute approximate surface area is 113 Å². The van der Waals surface area contributed by atoms with Crippen molar-refractivity contribution in [3.8, 4) is 5.75 Å². The van der Waals surface area contributed by atoms with E-state index in [1.807, 2.05) is 0 Å². The van der Waals surface area contributed by atoms with Gasteiger partial charge >= 0.3 is 5.97 Å². The Hall–Kier alpha value is -1.71.